The SMILES string of the molecule is CCCCCc1nc2[nH]c(=O)n(CCC)c(=O)c2n1Cc1ccc(-c2ccccc2-c2nn[nH]n2)cc1. The minimum absolute atomic E-state index is 0.291. The van der Waals surface area contributed by atoms with Crippen molar-refractivity contribution in [2.75, 3.05) is 0 Å². The number of aromatic amines is 2. The van der Waals surface area contributed by atoms with Crippen LogP contribution in [-0.4, -0.2) is 39.7 Å². The van der Waals surface area contributed by atoms with Crippen molar-refractivity contribution >= 4 is 11.2 Å². The van der Waals surface area contributed by atoms with Crippen LogP contribution in [-0.2, 0) is 19.5 Å². The number of rotatable bonds is 10. The van der Waals surface area contributed by atoms with Gasteiger partial charge in [0.15, 0.2) is 11.2 Å². The quantitative estimate of drug-likeness (QED) is 0.281. The number of imidazole rings is 1. The molecule has 0 radical (unpaired) electrons. The van der Waals surface area contributed by atoms with Crippen LogP contribution < -0.4 is 11.2 Å². The Balaban J connectivity index is 1.53. The molecule has 0 fully saturated rings. The molecule has 0 bridgehead atoms. The number of hydrogen-bond donors (Lipinski definition) is 2. The Bertz CT molecular complexity index is 1610. The zero-order valence-corrected chi connectivity index (χ0v) is 21.1. The van der Waals surface area contributed by atoms with Gasteiger partial charge in [0.1, 0.15) is 5.82 Å². The van der Waals surface area contributed by atoms with Crippen molar-refractivity contribution in [3.63, 3.8) is 0 Å². The molecular formula is C27H30N8O2. The van der Waals surface area contributed by atoms with Gasteiger partial charge in [0.25, 0.3) is 5.56 Å². The highest BCUT2D eigenvalue weighted by Crippen LogP contribution is 2.30. The topological polar surface area (TPSA) is 127 Å². The van der Waals surface area contributed by atoms with E-state index in [4.69, 9.17) is 0 Å². The van der Waals surface area contributed by atoms with Crippen molar-refractivity contribution < 1.29 is 0 Å². The van der Waals surface area contributed by atoms with Crippen LogP contribution in [0.4, 0.5) is 0 Å². The van der Waals surface area contributed by atoms with Gasteiger partial charge in [-0.15, -0.1) is 10.2 Å². The zero-order valence-electron chi connectivity index (χ0n) is 21.1. The summed E-state index contributed by atoms with van der Waals surface area (Å²) >= 11 is 0. The number of benzene rings is 2. The molecule has 0 saturated carbocycles. The monoisotopic (exact) mass is 498 g/mol. The lowest BCUT2D eigenvalue weighted by Crippen LogP contribution is -2.35. The zero-order chi connectivity index (χ0) is 25.8. The highest BCUT2D eigenvalue weighted by molar-refractivity contribution is 5.80. The Kier molecular flexibility index (Phi) is 7.07. The fourth-order valence-corrected chi connectivity index (χ4v) is 4.69. The summed E-state index contributed by atoms with van der Waals surface area (Å²) in [5, 5.41) is 14.5. The molecule has 5 rings (SSSR count). The molecule has 2 N–H and O–H groups in total. The van der Waals surface area contributed by atoms with E-state index >= 15 is 0 Å². The van der Waals surface area contributed by atoms with E-state index in [1.807, 2.05) is 35.8 Å². The molecule has 0 atom stereocenters. The number of fused-ring (bicyclic) bond motifs is 1. The highest BCUT2D eigenvalue weighted by Gasteiger charge is 2.18. The molecule has 37 heavy (non-hydrogen) atoms. The lowest BCUT2D eigenvalue weighted by Gasteiger charge is -2.11. The number of aromatic nitrogens is 8. The van der Waals surface area contributed by atoms with Crippen LogP contribution in [0.15, 0.2) is 58.1 Å². The second-order valence-electron chi connectivity index (χ2n) is 9.13. The average Bonchev–Trinajstić information content (AvgIpc) is 3.56. The van der Waals surface area contributed by atoms with E-state index in [9.17, 15) is 9.59 Å². The summed E-state index contributed by atoms with van der Waals surface area (Å²) in [6, 6.07) is 16.2. The molecule has 0 aliphatic heterocycles. The first kappa shape index (κ1) is 24.4. The van der Waals surface area contributed by atoms with Crippen LogP contribution in [0.2, 0.25) is 0 Å². The maximum Gasteiger partial charge on any atom is 0.330 e. The third-order valence-corrected chi connectivity index (χ3v) is 6.53. The first-order valence-corrected chi connectivity index (χ1v) is 12.7. The Labute approximate surface area is 213 Å². The Morgan fingerprint density at radius 2 is 1.68 bits per heavy atom. The number of hydrogen-bond acceptors (Lipinski definition) is 6. The molecule has 10 heteroatoms. The van der Waals surface area contributed by atoms with Crippen LogP contribution in [0.5, 0.6) is 0 Å². The molecule has 0 aliphatic carbocycles. The predicted molar refractivity (Wildman–Crippen MR) is 142 cm³/mol. The number of unbranched alkanes of at least 4 members (excludes halogenated alkanes) is 2. The van der Waals surface area contributed by atoms with Crippen molar-refractivity contribution in [3.05, 3.63) is 80.8 Å². The van der Waals surface area contributed by atoms with E-state index in [1.165, 1.54) is 4.57 Å². The summed E-state index contributed by atoms with van der Waals surface area (Å²) in [5.41, 5.74) is 4.06. The van der Waals surface area contributed by atoms with Crippen LogP contribution >= 0.6 is 0 Å². The molecule has 0 aliphatic rings. The van der Waals surface area contributed by atoms with Crippen LogP contribution in [0.25, 0.3) is 33.7 Å². The van der Waals surface area contributed by atoms with Gasteiger partial charge in [-0.3, -0.25) is 14.3 Å². The van der Waals surface area contributed by atoms with E-state index in [0.29, 0.717) is 36.5 Å². The van der Waals surface area contributed by atoms with E-state index < -0.39 is 5.69 Å². The van der Waals surface area contributed by atoms with Gasteiger partial charge in [0.05, 0.1) is 0 Å². The van der Waals surface area contributed by atoms with Gasteiger partial charge in [0, 0.05) is 25.1 Å². The number of H-pyrrole nitrogens is 2. The minimum Gasteiger partial charge on any atom is -0.318 e. The number of aryl methyl sites for hydroxylation is 1. The van der Waals surface area contributed by atoms with Crippen molar-refractivity contribution in [2.24, 2.45) is 0 Å². The predicted octanol–water partition coefficient (Wildman–Crippen LogP) is 3.92. The molecule has 0 spiro atoms. The number of tetrazole rings is 1. The summed E-state index contributed by atoms with van der Waals surface area (Å²) in [6.45, 7) is 4.96. The normalized spacial score (nSPS) is 11.4. The Hall–Kier alpha value is -4.34. The molecule has 3 heterocycles. The largest absolute Gasteiger partial charge is 0.330 e. The molecular weight excluding hydrogens is 468 g/mol. The molecule has 10 nitrogen and oxygen atoms in total. The summed E-state index contributed by atoms with van der Waals surface area (Å²) in [6.07, 6.45) is 4.58. The summed E-state index contributed by atoms with van der Waals surface area (Å²) in [4.78, 5) is 33.4. The fourth-order valence-electron chi connectivity index (χ4n) is 4.69. The Morgan fingerprint density at radius 1 is 0.892 bits per heavy atom. The third kappa shape index (κ3) is 4.87. The smallest absolute Gasteiger partial charge is 0.318 e. The van der Waals surface area contributed by atoms with Gasteiger partial charge < -0.3 is 4.57 Å². The molecule has 2 aromatic carbocycles. The second kappa shape index (κ2) is 10.7. The maximum absolute atomic E-state index is 13.3. The minimum atomic E-state index is -0.409. The van der Waals surface area contributed by atoms with Crippen molar-refractivity contribution in [1.29, 1.82) is 0 Å². The Morgan fingerprint density at radius 3 is 2.38 bits per heavy atom. The van der Waals surface area contributed by atoms with Crippen molar-refractivity contribution in [3.8, 4) is 22.5 Å². The van der Waals surface area contributed by atoms with Gasteiger partial charge >= 0.3 is 5.69 Å². The molecule has 0 unspecified atom stereocenters. The summed E-state index contributed by atoms with van der Waals surface area (Å²) < 4.78 is 3.24. The van der Waals surface area contributed by atoms with Gasteiger partial charge in [-0.2, -0.15) is 5.21 Å². The molecule has 0 saturated heterocycles. The number of nitrogens with one attached hydrogen (secondary N) is 2. The van der Waals surface area contributed by atoms with E-state index in [1.54, 1.807) is 0 Å². The lowest BCUT2D eigenvalue weighted by atomic mass is 9.98. The number of nitrogens with zero attached hydrogens (tertiary/aromatic N) is 6. The van der Waals surface area contributed by atoms with E-state index in [-0.39, 0.29) is 5.56 Å². The fraction of sp³-hybridized carbons (Fsp3) is 0.333. The van der Waals surface area contributed by atoms with Crippen LogP contribution in [0.1, 0.15) is 50.9 Å². The summed E-state index contributed by atoms with van der Waals surface area (Å²) in [5.74, 6) is 1.36. The van der Waals surface area contributed by atoms with Crippen LogP contribution in [0, 0.1) is 0 Å². The van der Waals surface area contributed by atoms with Crippen molar-refractivity contribution in [2.45, 2.75) is 59.0 Å². The van der Waals surface area contributed by atoms with Crippen molar-refractivity contribution in [1.82, 2.24) is 39.7 Å². The molecule has 3 aromatic heterocycles. The second-order valence-corrected chi connectivity index (χ2v) is 9.13. The highest BCUT2D eigenvalue weighted by atomic mass is 16.2. The summed E-state index contributed by atoms with van der Waals surface area (Å²) in [7, 11) is 0. The lowest BCUT2D eigenvalue weighted by molar-refractivity contribution is 0.617. The first-order chi connectivity index (χ1) is 18.1. The van der Waals surface area contributed by atoms with Gasteiger partial charge in [-0.05, 0) is 34.7 Å². The third-order valence-electron chi connectivity index (χ3n) is 6.53. The first-order valence-electron chi connectivity index (χ1n) is 12.7. The average molecular weight is 499 g/mol. The van der Waals surface area contributed by atoms with Gasteiger partial charge in [0.2, 0.25) is 5.82 Å². The molecule has 0 amide bonds. The standard InChI is InChI=1S/C27H30N8O2/c1-3-5-6-11-22-28-25-23(26(36)34(16-4-2)27(37)29-25)35(22)17-18-12-14-19(15-13-18)20-9-7-8-10-21(20)24-30-32-33-31-24/h7-10,12-15H,3-6,11,16-17H2,1-2H3,(H,29,37)(H,30,31,32,33). The molecule has 5 aromatic rings. The van der Waals surface area contributed by atoms with Crippen LogP contribution in [0.3, 0.4) is 0 Å². The molecule has 190 valence electrons. The van der Waals surface area contributed by atoms with E-state index in [2.05, 4.69) is 61.8 Å². The maximum atomic E-state index is 13.3. The van der Waals surface area contributed by atoms with E-state index in [0.717, 1.165) is 53.8 Å². The van der Waals surface area contributed by atoms with Gasteiger partial charge in [-0.1, -0.05) is 75.2 Å². The van der Waals surface area contributed by atoms with Gasteiger partial charge in [-0.25, -0.2) is 9.78 Å².